The molecule has 1 heterocycles. The van der Waals surface area contributed by atoms with Crippen LogP contribution in [-0.4, -0.2) is 47.7 Å². The van der Waals surface area contributed by atoms with Gasteiger partial charge in [0.05, 0.1) is 13.2 Å². The molecule has 1 aliphatic carbocycles. The van der Waals surface area contributed by atoms with Crippen LogP contribution >= 0.6 is 0 Å². The van der Waals surface area contributed by atoms with Crippen molar-refractivity contribution in [1.82, 2.24) is 4.90 Å². The Morgan fingerprint density at radius 2 is 2.00 bits per heavy atom. The topological polar surface area (TPSA) is 66.8 Å². The smallest absolute Gasteiger partial charge is 0.334 e. The summed E-state index contributed by atoms with van der Waals surface area (Å²) >= 11 is 0. The molecule has 0 bridgehead atoms. The molecule has 21 heavy (non-hydrogen) atoms. The van der Waals surface area contributed by atoms with E-state index in [9.17, 15) is 9.59 Å². The van der Waals surface area contributed by atoms with Crippen LogP contribution in [0.15, 0.2) is 24.3 Å². The molecule has 2 atom stereocenters. The van der Waals surface area contributed by atoms with Gasteiger partial charge in [-0.05, 0) is 30.4 Å². The first kappa shape index (κ1) is 14.1. The minimum Gasteiger partial charge on any atom is -0.479 e. The zero-order valence-corrected chi connectivity index (χ0v) is 11.8. The Hall–Kier alpha value is -1.88. The number of ether oxygens (including phenoxy) is 1. The number of aliphatic carboxylic acids is 1. The van der Waals surface area contributed by atoms with Gasteiger partial charge in [-0.15, -0.1) is 0 Å². The Kier molecular flexibility index (Phi) is 3.92. The lowest BCUT2D eigenvalue weighted by atomic mass is 9.83. The third kappa shape index (κ3) is 2.93. The number of hydrogen-bond acceptors (Lipinski definition) is 3. The maximum Gasteiger partial charge on any atom is 0.334 e. The van der Waals surface area contributed by atoms with Crippen molar-refractivity contribution in [1.29, 1.82) is 0 Å². The monoisotopic (exact) mass is 289 g/mol. The van der Waals surface area contributed by atoms with Gasteiger partial charge in [0.1, 0.15) is 0 Å². The third-order valence-electron chi connectivity index (χ3n) is 4.35. The number of amides is 1. The van der Waals surface area contributed by atoms with Crippen molar-refractivity contribution in [2.75, 3.05) is 19.7 Å². The van der Waals surface area contributed by atoms with Crippen LogP contribution in [0.3, 0.4) is 0 Å². The van der Waals surface area contributed by atoms with Gasteiger partial charge in [-0.25, -0.2) is 4.79 Å². The zero-order valence-electron chi connectivity index (χ0n) is 11.8. The lowest BCUT2D eigenvalue weighted by Gasteiger charge is -2.34. The van der Waals surface area contributed by atoms with Crippen molar-refractivity contribution in [3.05, 3.63) is 35.4 Å². The van der Waals surface area contributed by atoms with Crippen molar-refractivity contribution >= 4 is 11.9 Å². The number of morpholine rings is 1. The summed E-state index contributed by atoms with van der Waals surface area (Å²) in [6.07, 6.45) is 1.62. The summed E-state index contributed by atoms with van der Waals surface area (Å²) in [7, 11) is 0. The number of hydrogen-bond donors (Lipinski definition) is 1. The molecule has 0 radical (unpaired) electrons. The van der Waals surface area contributed by atoms with Gasteiger partial charge in [0, 0.05) is 12.5 Å². The molecule has 1 amide bonds. The summed E-state index contributed by atoms with van der Waals surface area (Å²) in [5.41, 5.74) is 2.57. The average Bonchev–Trinajstić information content (AvgIpc) is 2.53. The molecule has 0 aromatic heterocycles. The normalized spacial score (nSPS) is 25.2. The molecule has 3 rings (SSSR count). The molecule has 2 unspecified atom stereocenters. The molecule has 5 heteroatoms. The fourth-order valence-electron chi connectivity index (χ4n) is 3.17. The third-order valence-corrected chi connectivity index (χ3v) is 4.35. The van der Waals surface area contributed by atoms with Crippen LogP contribution in [-0.2, 0) is 27.2 Å². The number of aryl methyl sites for hydroxylation is 1. The van der Waals surface area contributed by atoms with E-state index in [2.05, 4.69) is 12.1 Å². The SMILES string of the molecule is O=C(O)C1CN(C(=O)C2CCc3ccccc3C2)CCO1. The van der Waals surface area contributed by atoms with Gasteiger partial charge < -0.3 is 14.7 Å². The fraction of sp³-hybridized carbons (Fsp3) is 0.500. The van der Waals surface area contributed by atoms with E-state index in [4.69, 9.17) is 9.84 Å². The van der Waals surface area contributed by atoms with E-state index in [-0.39, 0.29) is 18.4 Å². The van der Waals surface area contributed by atoms with Crippen molar-refractivity contribution in [2.45, 2.75) is 25.4 Å². The molecule has 1 saturated heterocycles. The number of rotatable bonds is 2. The second-order valence-electron chi connectivity index (χ2n) is 5.69. The van der Waals surface area contributed by atoms with Crippen molar-refractivity contribution < 1.29 is 19.4 Å². The Morgan fingerprint density at radius 1 is 1.24 bits per heavy atom. The van der Waals surface area contributed by atoms with Gasteiger partial charge in [-0.3, -0.25) is 4.79 Å². The number of fused-ring (bicyclic) bond motifs is 1. The van der Waals surface area contributed by atoms with Crippen molar-refractivity contribution in [3.8, 4) is 0 Å². The lowest BCUT2D eigenvalue weighted by Crippen LogP contribution is -2.50. The highest BCUT2D eigenvalue weighted by Gasteiger charge is 2.33. The van der Waals surface area contributed by atoms with Crippen LogP contribution < -0.4 is 0 Å². The molecule has 2 aliphatic rings. The minimum atomic E-state index is -0.999. The van der Waals surface area contributed by atoms with Gasteiger partial charge >= 0.3 is 5.97 Å². The molecule has 5 nitrogen and oxygen atoms in total. The molecule has 0 saturated carbocycles. The first-order chi connectivity index (χ1) is 10.1. The molecular formula is C16H19NO4. The maximum atomic E-state index is 12.6. The number of carboxylic acids is 1. The molecule has 1 N–H and O–H groups in total. The van der Waals surface area contributed by atoms with Gasteiger partial charge in [-0.1, -0.05) is 24.3 Å². The summed E-state index contributed by atoms with van der Waals surface area (Å²) in [5.74, 6) is -0.965. The highest BCUT2D eigenvalue weighted by atomic mass is 16.5. The van der Waals surface area contributed by atoms with E-state index in [0.29, 0.717) is 13.2 Å². The van der Waals surface area contributed by atoms with Crippen molar-refractivity contribution in [3.63, 3.8) is 0 Å². The highest BCUT2D eigenvalue weighted by Crippen LogP contribution is 2.27. The van der Waals surface area contributed by atoms with E-state index in [1.165, 1.54) is 11.1 Å². The van der Waals surface area contributed by atoms with Gasteiger partial charge in [0.2, 0.25) is 5.91 Å². The number of benzene rings is 1. The number of carbonyl (C=O) groups excluding carboxylic acids is 1. The standard InChI is InChI=1S/C16H19NO4/c18-15(17-7-8-21-14(10-17)16(19)20)13-6-5-11-3-1-2-4-12(11)9-13/h1-4,13-14H,5-10H2,(H,19,20). The summed E-state index contributed by atoms with van der Waals surface area (Å²) in [4.78, 5) is 25.3. The second kappa shape index (κ2) is 5.85. The Morgan fingerprint density at radius 3 is 2.76 bits per heavy atom. The predicted molar refractivity (Wildman–Crippen MR) is 75.9 cm³/mol. The Balaban J connectivity index is 1.67. The van der Waals surface area contributed by atoms with Gasteiger partial charge in [-0.2, -0.15) is 0 Å². The Bertz CT molecular complexity index is 557. The van der Waals surface area contributed by atoms with E-state index >= 15 is 0 Å². The molecule has 1 fully saturated rings. The van der Waals surface area contributed by atoms with Crippen LogP contribution in [0.4, 0.5) is 0 Å². The van der Waals surface area contributed by atoms with E-state index < -0.39 is 12.1 Å². The summed E-state index contributed by atoms with van der Waals surface area (Å²) in [5, 5.41) is 9.02. The summed E-state index contributed by atoms with van der Waals surface area (Å²) < 4.78 is 5.17. The van der Waals surface area contributed by atoms with E-state index in [1.807, 2.05) is 12.1 Å². The maximum absolute atomic E-state index is 12.6. The van der Waals surface area contributed by atoms with Crippen LogP contribution in [0.1, 0.15) is 17.5 Å². The number of nitrogens with zero attached hydrogens (tertiary/aromatic N) is 1. The summed E-state index contributed by atoms with van der Waals surface area (Å²) in [6.45, 7) is 0.944. The number of carbonyl (C=O) groups is 2. The van der Waals surface area contributed by atoms with E-state index in [1.54, 1.807) is 4.90 Å². The molecular weight excluding hydrogens is 270 g/mol. The second-order valence-corrected chi connectivity index (χ2v) is 5.69. The van der Waals surface area contributed by atoms with Crippen molar-refractivity contribution in [2.24, 2.45) is 5.92 Å². The first-order valence-corrected chi connectivity index (χ1v) is 7.35. The van der Waals surface area contributed by atoms with Gasteiger partial charge in [0.25, 0.3) is 0 Å². The van der Waals surface area contributed by atoms with Crippen LogP contribution in [0.25, 0.3) is 0 Å². The lowest BCUT2D eigenvalue weighted by molar-refractivity contribution is -0.160. The largest absolute Gasteiger partial charge is 0.479 e. The highest BCUT2D eigenvalue weighted by molar-refractivity contribution is 5.81. The molecule has 0 spiro atoms. The first-order valence-electron chi connectivity index (χ1n) is 7.35. The van der Waals surface area contributed by atoms with Crippen LogP contribution in [0.2, 0.25) is 0 Å². The quantitative estimate of drug-likeness (QED) is 0.885. The predicted octanol–water partition coefficient (Wildman–Crippen LogP) is 1.10. The zero-order chi connectivity index (χ0) is 14.8. The molecule has 1 aliphatic heterocycles. The minimum absolute atomic E-state index is 0.0348. The molecule has 1 aromatic rings. The molecule has 1 aromatic carbocycles. The summed E-state index contributed by atoms with van der Waals surface area (Å²) in [6, 6.07) is 8.22. The van der Waals surface area contributed by atoms with Crippen LogP contribution in [0.5, 0.6) is 0 Å². The fourth-order valence-corrected chi connectivity index (χ4v) is 3.17. The van der Waals surface area contributed by atoms with Crippen LogP contribution in [0, 0.1) is 5.92 Å². The van der Waals surface area contributed by atoms with Gasteiger partial charge in [0.15, 0.2) is 6.10 Å². The number of carboxylic acid groups (broad SMARTS) is 1. The molecule has 112 valence electrons. The van der Waals surface area contributed by atoms with E-state index in [0.717, 1.165) is 19.3 Å². The Labute approximate surface area is 123 Å². The average molecular weight is 289 g/mol.